The van der Waals surface area contributed by atoms with Crippen LogP contribution in [0.4, 0.5) is 0 Å². The number of amides is 1. The molecular weight excluding hydrogens is 254 g/mol. The van der Waals surface area contributed by atoms with Crippen LogP contribution in [0.5, 0.6) is 0 Å². The van der Waals surface area contributed by atoms with Crippen LogP contribution in [0.1, 0.15) is 33.6 Å². The summed E-state index contributed by atoms with van der Waals surface area (Å²) >= 11 is 0. The van der Waals surface area contributed by atoms with Crippen LogP contribution in [0.15, 0.2) is 36.4 Å². The normalized spacial score (nSPS) is 14.7. The zero-order valence-corrected chi connectivity index (χ0v) is 11.0. The van der Waals surface area contributed by atoms with Crippen molar-refractivity contribution in [1.82, 2.24) is 4.90 Å². The molecular formula is C16H15NO3. The first-order chi connectivity index (χ1) is 9.68. The highest BCUT2D eigenvalue weighted by Gasteiger charge is 2.23. The standard InChI is InChI=1S/C16H15NO3/c18-15(17-9-1-2-10-17)12-7-3-5-11-6-4-8-13(14(11)12)16(19)20/h3-8H,1-2,9-10H2,(H,19,20). The molecule has 0 bridgehead atoms. The Morgan fingerprint density at radius 3 is 2.15 bits per heavy atom. The van der Waals surface area contributed by atoms with E-state index in [9.17, 15) is 14.7 Å². The van der Waals surface area contributed by atoms with Crippen LogP contribution < -0.4 is 0 Å². The lowest BCUT2D eigenvalue weighted by molar-refractivity contribution is 0.0699. The minimum absolute atomic E-state index is 0.0678. The summed E-state index contributed by atoms with van der Waals surface area (Å²) in [6.45, 7) is 1.51. The summed E-state index contributed by atoms with van der Waals surface area (Å²) in [5.74, 6) is -1.07. The van der Waals surface area contributed by atoms with Crippen molar-refractivity contribution in [2.75, 3.05) is 13.1 Å². The lowest BCUT2D eigenvalue weighted by Gasteiger charge is -2.17. The van der Waals surface area contributed by atoms with Crippen molar-refractivity contribution in [2.45, 2.75) is 12.8 Å². The van der Waals surface area contributed by atoms with Gasteiger partial charge in [-0.2, -0.15) is 0 Å². The number of rotatable bonds is 2. The Hall–Kier alpha value is -2.36. The molecule has 0 atom stereocenters. The van der Waals surface area contributed by atoms with Crippen LogP contribution in [0.25, 0.3) is 10.8 Å². The number of carboxylic acid groups (broad SMARTS) is 1. The van der Waals surface area contributed by atoms with Gasteiger partial charge in [-0.15, -0.1) is 0 Å². The molecule has 1 fully saturated rings. The van der Waals surface area contributed by atoms with E-state index in [1.54, 1.807) is 29.2 Å². The number of fused-ring (bicyclic) bond motifs is 1. The zero-order valence-electron chi connectivity index (χ0n) is 11.0. The number of likely N-dealkylation sites (tertiary alicyclic amines) is 1. The number of benzene rings is 2. The molecule has 0 aromatic heterocycles. The van der Waals surface area contributed by atoms with Gasteiger partial charge in [-0.25, -0.2) is 4.79 Å². The van der Waals surface area contributed by atoms with E-state index in [1.807, 2.05) is 12.1 Å². The molecule has 0 aliphatic carbocycles. The van der Waals surface area contributed by atoms with Crippen molar-refractivity contribution < 1.29 is 14.7 Å². The van der Waals surface area contributed by atoms with Crippen LogP contribution in [0.2, 0.25) is 0 Å². The Bertz CT molecular complexity index is 682. The molecule has 0 unspecified atom stereocenters. The van der Waals surface area contributed by atoms with Crippen molar-refractivity contribution >= 4 is 22.6 Å². The van der Waals surface area contributed by atoms with E-state index in [1.165, 1.54) is 0 Å². The molecule has 20 heavy (non-hydrogen) atoms. The molecule has 1 saturated heterocycles. The third-order valence-corrected chi connectivity index (χ3v) is 3.76. The van der Waals surface area contributed by atoms with Gasteiger partial charge in [-0.05, 0) is 30.4 Å². The maximum Gasteiger partial charge on any atom is 0.336 e. The quantitative estimate of drug-likeness (QED) is 0.912. The SMILES string of the molecule is O=C(O)c1cccc2cccc(C(=O)N3CCCC3)c12. The van der Waals surface area contributed by atoms with E-state index in [0.717, 1.165) is 31.3 Å². The molecule has 102 valence electrons. The third kappa shape index (κ3) is 2.03. The molecule has 4 nitrogen and oxygen atoms in total. The van der Waals surface area contributed by atoms with E-state index in [2.05, 4.69) is 0 Å². The van der Waals surface area contributed by atoms with Crippen LogP contribution >= 0.6 is 0 Å². The Morgan fingerprint density at radius 2 is 1.55 bits per heavy atom. The van der Waals surface area contributed by atoms with Crippen LogP contribution in [0, 0.1) is 0 Å². The van der Waals surface area contributed by atoms with Crippen molar-refractivity contribution in [3.05, 3.63) is 47.5 Å². The Balaban J connectivity index is 2.19. The van der Waals surface area contributed by atoms with Gasteiger partial charge in [0.15, 0.2) is 0 Å². The highest BCUT2D eigenvalue weighted by Crippen LogP contribution is 2.25. The second-order valence-corrected chi connectivity index (χ2v) is 5.01. The predicted molar refractivity (Wildman–Crippen MR) is 76.0 cm³/mol. The summed E-state index contributed by atoms with van der Waals surface area (Å²) in [5.41, 5.74) is 0.674. The minimum atomic E-state index is -1.00. The monoisotopic (exact) mass is 269 g/mol. The number of hydrogen-bond donors (Lipinski definition) is 1. The van der Waals surface area contributed by atoms with E-state index in [0.29, 0.717) is 10.9 Å². The van der Waals surface area contributed by atoms with Crippen molar-refractivity contribution in [2.24, 2.45) is 0 Å². The maximum absolute atomic E-state index is 12.6. The summed E-state index contributed by atoms with van der Waals surface area (Å²) in [6, 6.07) is 10.4. The van der Waals surface area contributed by atoms with E-state index < -0.39 is 5.97 Å². The third-order valence-electron chi connectivity index (χ3n) is 3.76. The first-order valence-electron chi connectivity index (χ1n) is 6.73. The molecule has 3 rings (SSSR count). The van der Waals surface area contributed by atoms with Gasteiger partial charge >= 0.3 is 5.97 Å². The molecule has 1 heterocycles. The second kappa shape index (κ2) is 4.96. The molecule has 1 aliphatic heterocycles. The van der Waals surface area contributed by atoms with Crippen LogP contribution in [-0.4, -0.2) is 35.0 Å². The molecule has 4 heteroatoms. The van der Waals surface area contributed by atoms with Gasteiger partial charge in [-0.1, -0.05) is 24.3 Å². The maximum atomic E-state index is 12.6. The summed E-state index contributed by atoms with van der Waals surface area (Å²) in [5, 5.41) is 10.7. The first kappa shape index (κ1) is 12.7. The molecule has 0 radical (unpaired) electrons. The Labute approximate surface area is 116 Å². The van der Waals surface area contributed by atoms with Crippen LogP contribution in [-0.2, 0) is 0 Å². The number of carbonyl (C=O) groups excluding carboxylic acids is 1. The molecule has 0 saturated carbocycles. The largest absolute Gasteiger partial charge is 0.478 e. The summed E-state index contributed by atoms with van der Waals surface area (Å²) in [6.07, 6.45) is 2.03. The smallest absolute Gasteiger partial charge is 0.336 e. The molecule has 1 aliphatic rings. The van der Waals surface area contributed by atoms with Gasteiger partial charge in [0, 0.05) is 24.0 Å². The topological polar surface area (TPSA) is 57.6 Å². The van der Waals surface area contributed by atoms with E-state index >= 15 is 0 Å². The summed E-state index contributed by atoms with van der Waals surface area (Å²) in [4.78, 5) is 25.8. The molecule has 1 amide bonds. The lowest BCUT2D eigenvalue weighted by atomic mass is 9.98. The lowest BCUT2D eigenvalue weighted by Crippen LogP contribution is -2.28. The van der Waals surface area contributed by atoms with Gasteiger partial charge < -0.3 is 10.0 Å². The fourth-order valence-corrected chi connectivity index (χ4v) is 2.79. The summed E-state index contributed by atoms with van der Waals surface area (Å²) < 4.78 is 0. The molecule has 2 aromatic rings. The fourth-order valence-electron chi connectivity index (χ4n) is 2.79. The van der Waals surface area contributed by atoms with Crippen molar-refractivity contribution in [3.63, 3.8) is 0 Å². The highest BCUT2D eigenvalue weighted by atomic mass is 16.4. The fraction of sp³-hybridized carbons (Fsp3) is 0.250. The van der Waals surface area contributed by atoms with Gasteiger partial charge in [0.1, 0.15) is 0 Å². The van der Waals surface area contributed by atoms with E-state index in [-0.39, 0.29) is 11.5 Å². The Kier molecular flexibility index (Phi) is 3.14. The number of carbonyl (C=O) groups is 2. The number of hydrogen-bond acceptors (Lipinski definition) is 2. The zero-order chi connectivity index (χ0) is 14.1. The number of nitrogens with zero attached hydrogens (tertiary/aromatic N) is 1. The first-order valence-corrected chi connectivity index (χ1v) is 6.73. The van der Waals surface area contributed by atoms with Gasteiger partial charge in [0.05, 0.1) is 5.56 Å². The molecule has 0 spiro atoms. The molecule has 1 N–H and O–H groups in total. The average Bonchev–Trinajstić information content (AvgIpc) is 2.99. The van der Waals surface area contributed by atoms with Gasteiger partial charge in [-0.3, -0.25) is 4.79 Å². The Morgan fingerprint density at radius 1 is 0.950 bits per heavy atom. The van der Waals surface area contributed by atoms with Gasteiger partial charge in [0.2, 0.25) is 0 Å². The van der Waals surface area contributed by atoms with Crippen molar-refractivity contribution in [1.29, 1.82) is 0 Å². The highest BCUT2D eigenvalue weighted by molar-refractivity contribution is 6.14. The average molecular weight is 269 g/mol. The molecule has 2 aromatic carbocycles. The second-order valence-electron chi connectivity index (χ2n) is 5.01. The van der Waals surface area contributed by atoms with Crippen LogP contribution in [0.3, 0.4) is 0 Å². The van der Waals surface area contributed by atoms with E-state index in [4.69, 9.17) is 0 Å². The number of carboxylic acids is 1. The minimum Gasteiger partial charge on any atom is -0.478 e. The summed E-state index contributed by atoms with van der Waals surface area (Å²) in [7, 11) is 0. The number of aromatic carboxylic acids is 1. The van der Waals surface area contributed by atoms with Crippen molar-refractivity contribution in [3.8, 4) is 0 Å². The predicted octanol–water partition coefficient (Wildman–Crippen LogP) is 2.77. The van der Waals surface area contributed by atoms with Gasteiger partial charge in [0.25, 0.3) is 5.91 Å².